The van der Waals surface area contributed by atoms with Crippen molar-refractivity contribution in [2.24, 2.45) is 0 Å². The van der Waals surface area contributed by atoms with Crippen molar-refractivity contribution in [3.8, 4) is 0 Å². The molecule has 5 heteroatoms. The summed E-state index contributed by atoms with van der Waals surface area (Å²) in [6.07, 6.45) is 7.21. The molecule has 1 saturated heterocycles. The largest absolute Gasteiger partial charge is 0.313 e. The number of rotatable bonds is 9. The van der Waals surface area contributed by atoms with Crippen molar-refractivity contribution in [3.05, 3.63) is 0 Å². The van der Waals surface area contributed by atoms with Gasteiger partial charge in [0, 0.05) is 12.1 Å². The molecule has 4 nitrogen and oxygen atoms in total. The SMILES string of the molecule is CCCCC(CCC)NS(=O)(=O)CC1CCCN1. The minimum Gasteiger partial charge on any atom is -0.313 e. The van der Waals surface area contributed by atoms with Gasteiger partial charge in [0.1, 0.15) is 0 Å². The molecule has 0 amide bonds. The van der Waals surface area contributed by atoms with Gasteiger partial charge in [-0.05, 0) is 32.2 Å². The predicted octanol–water partition coefficient (Wildman–Crippen LogP) is 2.02. The molecule has 2 unspecified atom stereocenters. The first-order chi connectivity index (χ1) is 8.57. The molecule has 108 valence electrons. The Labute approximate surface area is 112 Å². The summed E-state index contributed by atoms with van der Waals surface area (Å²) in [4.78, 5) is 0. The van der Waals surface area contributed by atoms with Crippen LogP contribution in [0, 0.1) is 0 Å². The molecule has 1 aliphatic heterocycles. The fourth-order valence-electron chi connectivity index (χ4n) is 2.53. The van der Waals surface area contributed by atoms with Crippen LogP contribution in [0.4, 0.5) is 0 Å². The predicted molar refractivity (Wildman–Crippen MR) is 76.2 cm³/mol. The Kier molecular flexibility index (Phi) is 7.19. The fourth-order valence-corrected chi connectivity index (χ4v) is 4.18. The van der Waals surface area contributed by atoms with E-state index < -0.39 is 10.0 Å². The number of unbranched alkanes of at least 4 members (excludes halogenated alkanes) is 1. The number of sulfonamides is 1. The zero-order valence-electron chi connectivity index (χ0n) is 11.7. The summed E-state index contributed by atoms with van der Waals surface area (Å²) in [7, 11) is -3.13. The van der Waals surface area contributed by atoms with Gasteiger partial charge in [0.15, 0.2) is 0 Å². The third-order valence-electron chi connectivity index (χ3n) is 3.47. The molecule has 0 spiro atoms. The van der Waals surface area contributed by atoms with Crippen molar-refractivity contribution in [1.82, 2.24) is 10.0 Å². The number of hydrogen-bond acceptors (Lipinski definition) is 3. The smallest absolute Gasteiger partial charge is 0.213 e. The zero-order chi connectivity index (χ0) is 13.4. The maximum Gasteiger partial charge on any atom is 0.213 e. The molecule has 0 radical (unpaired) electrons. The van der Waals surface area contributed by atoms with Crippen LogP contribution in [-0.4, -0.2) is 32.8 Å². The van der Waals surface area contributed by atoms with Crippen LogP contribution in [0.2, 0.25) is 0 Å². The monoisotopic (exact) mass is 276 g/mol. The molecule has 1 heterocycles. The van der Waals surface area contributed by atoms with Crippen LogP contribution in [-0.2, 0) is 10.0 Å². The van der Waals surface area contributed by atoms with Gasteiger partial charge in [-0.15, -0.1) is 0 Å². The molecule has 0 bridgehead atoms. The second kappa shape index (κ2) is 8.12. The van der Waals surface area contributed by atoms with Gasteiger partial charge in [0.05, 0.1) is 5.75 Å². The molecule has 18 heavy (non-hydrogen) atoms. The summed E-state index contributed by atoms with van der Waals surface area (Å²) in [5.41, 5.74) is 0. The molecule has 1 rings (SSSR count). The maximum absolute atomic E-state index is 12.1. The quantitative estimate of drug-likeness (QED) is 0.677. The molecule has 0 aromatic carbocycles. The molecular formula is C13H28N2O2S. The van der Waals surface area contributed by atoms with Gasteiger partial charge in [0.2, 0.25) is 10.0 Å². The molecule has 2 N–H and O–H groups in total. The van der Waals surface area contributed by atoms with Crippen LogP contribution in [0.5, 0.6) is 0 Å². The van der Waals surface area contributed by atoms with E-state index in [4.69, 9.17) is 0 Å². The lowest BCUT2D eigenvalue weighted by Crippen LogP contribution is -2.41. The van der Waals surface area contributed by atoms with Crippen molar-refractivity contribution in [2.45, 2.75) is 70.9 Å². The van der Waals surface area contributed by atoms with Crippen molar-refractivity contribution in [2.75, 3.05) is 12.3 Å². The van der Waals surface area contributed by atoms with Gasteiger partial charge in [-0.25, -0.2) is 13.1 Å². The molecular weight excluding hydrogens is 248 g/mol. The van der Waals surface area contributed by atoms with Crippen molar-refractivity contribution < 1.29 is 8.42 Å². The van der Waals surface area contributed by atoms with Gasteiger partial charge in [-0.3, -0.25) is 0 Å². The van der Waals surface area contributed by atoms with E-state index in [0.29, 0.717) is 0 Å². The second-order valence-corrected chi connectivity index (χ2v) is 7.12. The van der Waals surface area contributed by atoms with Crippen molar-refractivity contribution in [1.29, 1.82) is 0 Å². The maximum atomic E-state index is 12.1. The number of nitrogens with one attached hydrogen (secondary N) is 2. The normalized spacial score (nSPS) is 22.2. The average Bonchev–Trinajstić information content (AvgIpc) is 2.77. The van der Waals surface area contributed by atoms with E-state index in [1.165, 1.54) is 0 Å². The van der Waals surface area contributed by atoms with Crippen molar-refractivity contribution in [3.63, 3.8) is 0 Å². The second-order valence-electron chi connectivity index (χ2n) is 5.32. The Morgan fingerprint density at radius 1 is 1.28 bits per heavy atom. The minimum atomic E-state index is -3.13. The number of hydrogen-bond donors (Lipinski definition) is 2. The highest BCUT2D eigenvalue weighted by Gasteiger charge is 2.24. The summed E-state index contributed by atoms with van der Waals surface area (Å²) in [5.74, 6) is 0.235. The molecule has 0 saturated carbocycles. The Morgan fingerprint density at radius 3 is 2.61 bits per heavy atom. The average molecular weight is 276 g/mol. The Morgan fingerprint density at radius 2 is 2.06 bits per heavy atom. The third kappa shape index (κ3) is 6.16. The van der Waals surface area contributed by atoms with E-state index in [1.54, 1.807) is 0 Å². The summed E-state index contributed by atoms with van der Waals surface area (Å²) in [6, 6.07) is 0.275. The summed E-state index contributed by atoms with van der Waals surface area (Å²) < 4.78 is 27.1. The third-order valence-corrected chi connectivity index (χ3v) is 5.01. The van der Waals surface area contributed by atoms with E-state index in [1.807, 2.05) is 0 Å². The van der Waals surface area contributed by atoms with Gasteiger partial charge in [-0.2, -0.15) is 0 Å². The highest BCUT2D eigenvalue weighted by Crippen LogP contribution is 2.11. The lowest BCUT2D eigenvalue weighted by molar-refractivity contribution is 0.479. The highest BCUT2D eigenvalue weighted by molar-refractivity contribution is 7.89. The molecule has 2 atom stereocenters. The van der Waals surface area contributed by atoms with E-state index >= 15 is 0 Å². The lowest BCUT2D eigenvalue weighted by atomic mass is 10.1. The van der Waals surface area contributed by atoms with Crippen LogP contribution in [0.3, 0.4) is 0 Å². The zero-order valence-corrected chi connectivity index (χ0v) is 12.6. The Bertz CT molecular complexity index is 311. The van der Waals surface area contributed by atoms with E-state index in [9.17, 15) is 8.42 Å². The molecule has 0 aromatic heterocycles. The lowest BCUT2D eigenvalue weighted by Gasteiger charge is -2.19. The molecule has 1 fully saturated rings. The molecule has 0 aromatic rings. The van der Waals surface area contributed by atoms with Crippen LogP contribution < -0.4 is 10.0 Å². The first-order valence-electron chi connectivity index (χ1n) is 7.30. The molecule has 0 aliphatic carbocycles. The Hall–Kier alpha value is -0.130. The Balaban J connectivity index is 2.43. The highest BCUT2D eigenvalue weighted by atomic mass is 32.2. The van der Waals surface area contributed by atoms with Gasteiger partial charge in [-0.1, -0.05) is 33.1 Å². The summed E-state index contributed by atoms with van der Waals surface area (Å²) in [6.45, 7) is 5.19. The summed E-state index contributed by atoms with van der Waals surface area (Å²) >= 11 is 0. The topological polar surface area (TPSA) is 58.2 Å². The van der Waals surface area contributed by atoms with Crippen LogP contribution >= 0.6 is 0 Å². The van der Waals surface area contributed by atoms with E-state index in [-0.39, 0.29) is 17.8 Å². The van der Waals surface area contributed by atoms with Gasteiger partial charge in [0.25, 0.3) is 0 Å². The van der Waals surface area contributed by atoms with E-state index in [2.05, 4.69) is 23.9 Å². The first kappa shape index (κ1) is 15.9. The minimum absolute atomic E-state index is 0.126. The standard InChI is InChI=1S/C13H28N2O2S/c1-3-5-8-12(7-4-2)15-18(16,17)11-13-9-6-10-14-13/h12-15H,3-11H2,1-2H3. The van der Waals surface area contributed by atoms with Crippen LogP contribution in [0.15, 0.2) is 0 Å². The fraction of sp³-hybridized carbons (Fsp3) is 1.00. The summed E-state index contributed by atoms with van der Waals surface area (Å²) in [5, 5.41) is 3.24. The first-order valence-corrected chi connectivity index (χ1v) is 8.96. The van der Waals surface area contributed by atoms with Gasteiger partial charge < -0.3 is 5.32 Å². The van der Waals surface area contributed by atoms with E-state index in [0.717, 1.165) is 51.5 Å². The molecule has 1 aliphatic rings. The van der Waals surface area contributed by atoms with Gasteiger partial charge >= 0.3 is 0 Å². The van der Waals surface area contributed by atoms with Crippen LogP contribution in [0.1, 0.15) is 58.8 Å². The van der Waals surface area contributed by atoms with Crippen LogP contribution in [0.25, 0.3) is 0 Å². The van der Waals surface area contributed by atoms with Crippen molar-refractivity contribution >= 4 is 10.0 Å².